The fourth-order valence-corrected chi connectivity index (χ4v) is 1.46. The summed E-state index contributed by atoms with van der Waals surface area (Å²) in [7, 11) is 0. The lowest BCUT2D eigenvalue weighted by Crippen LogP contribution is -2.29. The van der Waals surface area contributed by atoms with Gasteiger partial charge in [-0.3, -0.25) is 4.79 Å². The summed E-state index contributed by atoms with van der Waals surface area (Å²) in [6, 6.07) is 0.298. The van der Waals surface area contributed by atoms with Crippen LogP contribution in [0.3, 0.4) is 0 Å². The molecule has 1 aliphatic rings. The first-order chi connectivity index (χ1) is 5.84. The van der Waals surface area contributed by atoms with E-state index in [0.29, 0.717) is 12.5 Å². The lowest BCUT2D eigenvalue weighted by molar-refractivity contribution is -0.119. The lowest BCUT2D eigenvalue weighted by atomic mass is 10.2. The zero-order chi connectivity index (χ0) is 8.39. The molecule has 0 aliphatic carbocycles. The standard InChI is InChI=1S/C8H11N3O/c12-8-2-1-7(10-8)5-11-4-3-9-6-11/h3-4,6-7H,1-2,5H2,(H,10,12). The summed E-state index contributed by atoms with van der Waals surface area (Å²) in [4.78, 5) is 14.8. The van der Waals surface area contributed by atoms with Crippen LogP contribution >= 0.6 is 0 Å². The molecule has 1 unspecified atom stereocenters. The molecule has 1 saturated heterocycles. The van der Waals surface area contributed by atoms with Crippen LogP contribution in [-0.2, 0) is 11.3 Å². The normalized spacial score (nSPS) is 22.7. The van der Waals surface area contributed by atoms with Gasteiger partial charge in [-0.15, -0.1) is 0 Å². The number of imidazole rings is 1. The van der Waals surface area contributed by atoms with E-state index in [2.05, 4.69) is 10.3 Å². The van der Waals surface area contributed by atoms with Gasteiger partial charge in [-0.25, -0.2) is 4.98 Å². The average Bonchev–Trinajstić information content (AvgIpc) is 2.63. The fraction of sp³-hybridized carbons (Fsp3) is 0.500. The summed E-state index contributed by atoms with van der Waals surface area (Å²) in [6.07, 6.45) is 7.03. The molecule has 4 heteroatoms. The van der Waals surface area contributed by atoms with Crippen molar-refractivity contribution in [2.24, 2.45) is 0 Å². The third-order valence-electron chi connectivity index (χ3n) is 2.08. The molecule has 64 valence electrons. The monoisotopic (exact) mass is 165 g/mol. The van der Waals surface area contributed by atoms with E-state index in [1.54, 1.807) is 12.5 Å². The number of hydrogen-bond donors (Lipinski definition) is 1. The molecule has 0 saturated carbocycles. The Morgan fingerprint density at radius 3 is 3.25 bits per heavy atom. The molecule has 1 aromatic rings. The van der Waals surface area contributed by atoms with Crippen LogP contribution < -0.4 is 5.32 Å². The number of carbonyl (C=O) groups is 1. The molecule has 12 heavy (non-hydrogen) atoms. The summed E-state index contributed by atoms with van der Waals surface area (Å²) in [6.45, 7) is 0.839. The number of amides is 1. The van der Waals surface area contributed by atoms with Crippen LogP contribution in [0.25, 0.3) is 0 Å². The molecule has 0 bridgehead atoms. The predicted octanol–water partition coefficient (Wildman–Crippen LogP) is 0.162. The first-order valence-electron chi connectivity index (χ1n) is 4.10. The highest BCUT2D eigenvalue weighted by molar-refractivity contribution is 5.78. The Balaban J connectivity index is 1.92. The second kappa shape index (κ2) is 2.97. The zero-order valence-electron chi connectivity index (χ0n) is 6.73. The summed E-state index contributed by atoms with van der Waals surface area (Å²) >= 11 is 0. The molecule has 0 spiro atoms. The Bertz CT molecular complexity index is 268. The quantitative estimate of drug-likeness (QED) is 0.678. The summed E-state index contributed by atoms with van der Waals surface area (Å²) < 4.78 is 1.98. The zero-order valence-corrected chi connectivity index (χ0v) is 6.73. The van der Waals surface area contributed by atoms with Crippen LogP contribution in [0.15, 0.2) is 18.7 Å². The van der Waals surface area contributed by atoms with E-state index in [-0.39, 0.29) is 5.91 Å². The SMILES string of the molecule is O=C1CCC(Cn2ccnc2)N1. The minimum Gasteiger partial charge on any atom is -0.352 e. The summed E-state index contributed by atoms with van der Waals surface area (Å²) in [5.74, 6) is 0.167. The highest BCUT2D eigenvalue weighted by Crippen LogP contribution is 2.08. The van der Waals surface area contributed by atoms with Crippen molar-refractivity contribution < 1.29 is 4.79 Å². The van der Waals surface area contributed by atoms with Gasteiger partial charge in [0.2, 0.25) is 5.91 Å². The summed E-state index contributed by atoms with van der Waals surface area (Å²) in [5.41, 5.74) is 0. The van der Waals surface area contributed by atoms with Gasteiger partial charge in [0, 0.05) is 31.4 Å². The maximum Gasteiger partial charge on any atom is 0.220 e. The second-order valence-corrected chi connectivity index (χ2v) is 3.06. The highest BCUT2D eigenvalue weighted by Gasteiger charge is 2.20. The van der Waals surface area contributed by atoms with Gasteiger partial charge in [0.1, 0.15) is 0 Å². The molecule has 4 nitrogen and oxygen atoms in total. The number of rotatable bonds is 2. The van der Waals surface area contributed by atoms with Gasteiger partial charge in [-0.1, -0.05) is 0 Å². The van der Waals surface area contributed by atoms with Crippen LogP contribution in [0.4, 0.5) is 0 Å². The van der Waals surface area contributed by atoms with Crippen LogP contribution in [0.2, 0.25) is 0 Å². The van der Waals surface area contributed by atoms with Gasteiger partial charge in [0.15, 0.2) is 0 Å². The second-order valence-electron chi connectivity index (χ2n) is 3.06. The van der Waals surface area contributed by atoms with E-state index in [1.165, 1.54) is 0 Å². The Labute approximate surface area is 70.6 Å². The molecule has 2 heterocycles. The van der Waals surface area contributed by atoms with E-state index < -0.39 is 0 Å². The van der Waals surface area contributed by atoms with E-state index in [0.717, 1.165) is 13.0 Å². The van der Waals surface area contributed by atoms with Crippen molar-refractivity contribution in [2.75, 3.05) is 0 Å². The third-order valence-corrected chi connectivity index (χ3v) is 2.08. The van der Waals surface area contributed by atoms with Crippen LogP contribution in [-0.4, -0.2) is 21.5 Å². The number of carbonyl (C=O) groups excluding carboxylic acids is 1. The number of hydrogen-bond acceptors (Lipinski definition) is 2. The molecule has 0 radical (unpaired) electrons. The molecule has 2 rings (SSSR count). The fourth-order valence-electron chi connectivity index (χ4n) is 1.46. The molecule has 1 N–H and O–H groups in total. The Kier molecular flexibility index (Phi) is 1.81. The Hall–Kier alpha value is -1.32. The maximum absolute atomic E-state index is 10.8. The molecular formula is C8H11N3O. The van der Waals surface area contributed by atoms with Gasteiger partial charge >= 0.3 is 0 Å². The van der Waals surface area contributed by atoms with E-state index in [1.807, 2.05) is 10.8 Å². The van der Waals surface area contributed by atoms with Crippen molar-refractivity contribution in [3.63, 3.8) is 0 Å². The molecule has 1 aliphatic heterocycles. The Morgan fingerprint density at radius 1 is 1.75 bits per heavy atom. The van der Waals surface area contributed by atoms with Gasteiger partial charge in [0.25, 0.3) is 0 Å². The van der Waals surface area contributed by atoms with Crippen molar-refractivity contribution >= 4 is 5.91 Å². The first kappa shape index (κ1) is 7.34. The molecule has 1 amide bonds. The van der Waals surface area contributed by atoms with Crippen molar-refractivity contribution in [1.29, 1.82) is 0 Å². The van der Waals surface area contributed by atoms with Crippen molar-refractivity contribution in [3.8, 4) is 0 Å². The van der Waals surface area contributed by atoms with Gasteiger partial charge in [0.05, 0.1) is 6.33 Å². The molecule has 0 aromatic carbocycles. The number of nitrogens with zero attached hydrogens (tertiary/aromatic N) is 2. The van der Waals surface area contributed by atoms with Gasteiger partial charge < -0.3 is 9.88 Å². The lowest BCUT2D eigenvalue weighted by Gasteiger charge is -2.09. The van der Waals surface area contributed by atoms with Crippen LogP contribution in [0.1, 0.15) is 12.8 Å². The van der Waals surface area contributed by atoms with Crippen LogP contribution in [0.5, 0.6) is 0 Å². The molecule has 1 atom stereocenters. The minimum atomic E-state index is 0.167. The van der Waals surface area contributed by atoms with Crippen molar-refractivity contribution in [3.05, 3.63) is 18.7 Å². The van der Waals surface area contributed by atoms with Crippen molar-refractivity contribution in [2.45, 2.75) is 25.4 Å². The third kappa shape index (κ3) is 1.47. The topological polar surface area (TPSA) is 46.9 Å². The summed E-state index contributed by atoms with van der Waals surface area (Å²) in [5, 5.41) is 2.90. The van der Waals surface area contributed by atoms with Crippen molar-refractivity contribution in [1.82, 2.24) is 14.9 Å². The van der Waals surface area contributed by atoms with Gasteiger partial charge in [-0.05, 0) is 6.42 Å². The number of aromatic nitrogens is 2. The molecule has 1 fully saturated rings. The maximum atomic E-state index is 10.8. The smallest absolute Gasteiger partial charge is 0.220 e. The minimum absolute atomic E-state index is 0.167. The predicted molar refractivity (Wildman–Crippen MR) is 43.4 cm³/mol. The molecule has 1 aromatic heterocycles. The largest absolute Gasteiger partial charge is 0.352 e. The average molecular weight is 165 g/mol. The van der Waals surface area contributed by atoms with E-state index in [4.69, 9.17) is 0 Å². The first-order valence-corrected chi connectivity index (χ1v) is 4.10. The number of nitrogens with one attached hydrogen (secondary N) is 1. The molecular weight excluding hydrogens is 154 g/mol. The Morgan fingerprint density at radius 2 is 2.67 bits per heavy atom. The van der Waals surface area contributed by atoms with Gasteiger partial charge in [-0.2, -0.15) is 0 Å². The van der Waals surface area contributed by atoms with Crippen LogP contribution in [0, 0.1) is 0 Å². The highest BCUT2D eigenvalue weighted by atomic mass is 16.1. The van der Waals surface area contributed by atoms with E-state index in [9.17, 15) is 4.79 Å². The van der Waals surface area contributed by atoms with E-state index >= 15 is 0 Å².